The molecule has 2 atom stereocenters. The van der Waals surface area contributed by atoms with Gasteiger partial charge in [-0.05, 0) is 19.8 Å². The molecule has 0 aliphatic carbocycles. The molecule has 0 amide bonds. The van der Waals surface area contributed by atoms with Crippen molar-refractivity contribution >= 4 is 0 Å². The van der Waals surface area contributed by atoms with Gasteiger partial charge in [-0.2, -0.15) is 0 Å². The van der Waals surface area contributed by atoms with Gasteiger partial charge in [-0.1, -0.05) is 18.2 Å². The summed E-state index contributed by atoms with van der Waals surface area (Å²) in [5.74, 6) is 0. The molecular weight excluding hydrogens is 160 g/mol. The Morgan fingerprint density at radius 2 is 2.08 bits per heavy atom. The minimum absolute atomic E-state index is 0.165. The molecule has 0 radical (unpaired) electrons. The summed E-state index contributed by atoms with van der Waals surface area (Å²) in [6.45, 7) is 8.16. The van der Waals surface area contributed by atoms with Crippen LogP contribution in [-0.4, -0.2) is 30.1 Å². The van der Waals surface area contributed by atoms with Gasteiger partial charge in [0.15, 0.2) is 0 Å². The van der Waals surface area contributed by atoms with E-state index in [2.05, 4.69) is 30.6 Å². The molecule has 0 saturated heterocycles. The largest absolute Gasteiger partial charge is 0.324 e. The maximum absolute atomic E-state index is 5.77. The van der Waals surface area contributed by atoms with Gasteiger partial charge in [0, 0.05) is 25.2 Å². The summed E-state index contributed by atoms with van der Waals surface area (Å²) in [5.41, 5.74) is 5.77. The molecule has 1 aliphatic heterocycles. The van der Waals surface area contributed by atoms with Crippen LogP contribution in [0, 0.1) is 0 Å². The Hall–Kier alpha value is -0.600. The quantitative estimate of drug-likeness (QED) is 0.650. The average molecular weight is 180 g/mol. The van der Waals surface area contributed by atoms with E-state index in [9.17, 15) is 0 Å². The van der Waals surface area contributed by atoms with E-state index in [0.717, 1.165) is 25.9 Å². The topological polar surface area (TPSA) is 29.3 Å². The SMILES string of the molecule is C=CC(N)CCC(C)N1CC=CC1. The van der Waals surface area contributed by atoms with Gasteiger partial charge in [-0.3, -0.25) is 4.90 Å². The fourth-order valence-electron chi connectivity index (χ4n) is 1.59. The molecule has 0 aromatic rings. The van der Waals surface area contributed by atoms with Crippen LogP contribution in [0.4, 0.5) is 0 Å². The zero-order valence-corrected chi connectivity index (χ0v) is 8.45. The van der Waals surface area contributed by atoms with Gasteiger partial charge < -0.3 is 5.73 Å². The Kier molecular flexibility index (Phi) is 4.19. The standard InChI is InChI=1S/C11H20N2/c1-3-11(12)7-6-10(2)13-8-4-5-9-13/h3-5,10-11H,1,6-9,12H2,2H3. The van der Waals surface area contributed by atoms with Crippen LogP contribution in [-0.2, 0) is 0 Å². The molecule has 2 unspecified atom stereocenters. The maximum atomic E-state index is 5.77. The summed E-state index contributed by atoms with van der Waals surface area (Å²) in [7, 11) is 0. The van der Waals surface area contributed by atoms with E-state index < -0.39 is 0 Å². The van der Waals surface area contributed by atoms with Gasteiger partial charge >= 0.3 is 0 Å². The average Bonchev–Trinajstić information content (AvgIpc) is 2.66. The summed E-state index contributed by atoms with van der Waals surface area (Å²) in [5, 5.41) is 0. The van der Waals surface area contributed by atoms with Crippen molar-refractivity contribution in [3.63, 3.8) is 0 Å². The van der Waals surface area contributed by atoms with Crippen LogP contribution in [0.1, 0.15) is 19.8 Å². The molecule has 0 aromatic heterocycles. The molecule has 0 fully saturated rings. The molecule has 1 heterocycles. The predicted molar refractivity (Wildman–Crippen MR) is 57.6 cm³/mol. The lowest BCUT2D eigenvalue weighted by atomic mass is 10.1. The summed E-state index contributed by atoms with van der Waals surface area (Å²) >= 11 is 0. The van der Waals surface area contributed by atoms with Gasteiger partial charge in [-0.25, -0.2) is 0 Å². The number of rotatable bonds is 5. The van der Waals surface area contributed by atoms with Crippen LogP contribution >= 0.6 is 0 Å². The summed E-state index contributed by atoms with van der Waals surface area (Å²) in [4.78, 5) is 2.45. The maximum Gasteiger partial charge on any atom is 0.0221 e. The lowest BCUT2D eigenvalue weighted by molar-refractivity contribution is 0.252. The highest BCUT2D eigenvalue weighted by atomic mass is 15.2. The van der Waals surface area contributed by atoms with Crippen LogP contribution in [0.15, 0.2) is 24.8 Å². The number of nitrogens with two attached hydrogens (primary N) is 1. The molecule has 13 heavy (non-hydrogen) atoms. The highest BCUT2D eigenvalue weighted by Crippen LogP contribution is 2.11. The van der Waals surface area contributed by atoms with Crippen molar-refractivity contribution in [2.45, 2.75) is 31.8 Å². The first-order valence-corrected chi connectivity index (χ1v) is 5.01. The van der Waals surface area contributed by atoms with Crippen LogP contribution in [0.5, 0.6) is 0 Å². The van der Waals surface area contributed by atoms with E-state index in [1.54, 1.807) is 0 Å². The Labute approximate surface area is 81.1 Å². The molecule has 2 nitrogen and oxygen atoms in total. The summed E-state index contributed by atoms with van der Waals surface area (Å²) in [6.07, 6.45) is 8.48. The van der Waals surface area contributed by atoms with E-state index in [0.29, 0.717) is 6.04 Å². The fraction of sp³-hybridized carbons (Fsp3) is 0.636. The molecule has 2 heteroatoms. The Morgan fingerprint density at radius 1 is 1.46 bits per heavy atom. The van der Waals surface area contributed by atoms with E-state index in [1.807, 2.05) is 6.08 Å². The molecule has 0 aromatic carbocycles. The van der Waals surface area contributed by atoms with E-state index in [1.165, 1.54) is 0 Å². The lowest BCUT2D eigenvalue weighted by Gasteiger charge is -2.24. The third-order valence-electron chi connectivity index (χ3n) is 2.69. The van der Waals surface area contributed by atoms with Gasteiger partial charge in [0.1, 0.15) is 0 Å². The first-order chi connectivity index (χ1) is 6.24. The Balaban J connectivity index is 2.17. The molecule has 0 saturated carbocycles. The molecule has 74 valence electrons. The van der Waals surface area contributed by atoms with Crippen LogP contribution in [0.25, 0.3) is 0 Å². The predicted octanol–water partition coefficient (Wildman–Crippen LogP) is 1.54. The van der Waals surface area contributed by atoms with E-state index >= 15 is 0 Å². The molecule has 0 spiro atoms. The third-order valence-corrected chi connectivity index (χ3v) is 2.69. The van der Waals surface area contributed by atoms with Gasteiger partial charge in [0.25, 0.3) is 0 Å². The smallest absolute Gasteiger partial charge is 0.0221 e. The molecular formula is C11H20N2. The zero-order valence-electron chi connectivity index (χ0n) is 8.45. The monoisotopic (exact) mass is 180 g/mol. The van der Waals surface area contributed by atoms with Crippen LogP contribution in [0.2, 0.25) is 0 Å². The van der Waals surface area contributed by atoms with Crippen molar-refractivity contribution < 1.29 is 0 Å². The highest BCUT2D eigenvalue weighted by molar-refractivity contribution is 4.97. The summed E-state index contributed by atoms with van der Waals surface area (Å²) < 4.78 is 0. The van der Waals surface area contributed by atoms with Crippen molar-refractivity contribution in [2.75, 3.05) is 13.1 Å². The fourth-order valence-corrected chi connectivity index (χ4v) is 1.59. The highest BCUT2D eigenvalue weighted by Gasteiger charge is 2.14. The summed E-state index contributed by atoms with van der Waals surface area (Å²) in [6, 6.07) is 0.805. The van der Waals surface area contributed by atoms with Gasteiger partial charge in [0.2, 0.25) is 0 Å². The normalized spacial score (nSPS) is 21.7. The number of hydrogen-bond donors (Lipinski definition) is 1. The number of hydrogen-bond acceptors (Lipinski definition) is 2. The first-order valence-electron chi connectivity index (χ1n) is 5.01. The lowest BCUT2D eigenvalue weighted by Crippen LogP contribution is -2.32. The third kappa shape index (κ3) is 3.33. The van der Waals surface area contributed by atoms with Crippen molar-refractivity contribution in [1.82, 2.24) is 4.90 Å². The Bertz CT molecular complexity index is 179. The van der Waals surface area contributed by atoms with Crippen molar-refractivity contribution in [1.29, 1.82) is 0 Å². The minimum Gasteiger partial charge on any atom is -0.324 e. The molecule has 1 aliphatic rings. The van der Waals surface area contributed by atoms with Gasteiger partial charge in [-0.15, -0.1) is 6.58 Å². The second kappa shape index (κ2) is 5.20. The number of nitrogens with zero attached hydrogens (tertiary/aromatic N) is 1. The van der Waals surface area contributed by atoms with Gasteiger partial charge in [0.05, 0.1) is 0 Å². The molecule has 0 bridgehead atoms. The Morgan fingerprint density at radius 3 is 2.62 bits per heavy atom. The minimum atomic E-state index is 0.165. The second-order valence-corrected chi connectivity index (χ2v) is 3.75. The first kappa shape index (κ1) is 10.5. The molecule has 1 rings (SSSR count). The van der Waals surface area contributed by atoms with Crippen LogP contribution in [0.3, 0.4) is 0 Å². The van der Waals surface area contributed by atoms with Crippen LogP contribution < -0.4 is 5.73 Å². The molecule has 2 N–H and O–H groups in total. The zero-order chi connectivity index (χ0) is 9.68. The van der Waals surface area contributed by atoms with E-state index in [4.69, 9.17) is 5.73 Å². The van der Waals surface area contributed by atoms with Crippen molar-refractivity contribution in [3.8, 4) is 0 Å². The second-order valence-electron chi connectivity index (χ2n) is 3.75. The van der Waals surface area contributed by atoms with Crippen molar-refractivity contribution in [2.24, 2.45) is 5.73 Å². The van der Waals surface area contributed by atoms with Crippen molar-refractivity contribution in [3.05, 3.63) is 24.8 Å². The van der Waals surface area contributed by atoms with E-state index in [-0.39, 0.29) is 6.04 Å².